The van der Waals surface area contributed by atoms with E-state index in [4.69, 9.17) is 4.74 Å². The molecule has 2 nitrogen and oxygen atoms in total. The summed E-state index contributed by atoms with van der Waals surface area (Å²) in [6, 6.07) is 15.0. The van der Waals surface area contributed by atoms with Crippen LogP contribution in [0.3, 0.4) is 0 Å². The van der Waals surface area contributed by atoms with Gasteiger partial charge < -0.3 is 4.74 Å². The van der Waals surface area contributed by atoms with Gasteiger partial charge in [0, 0.05) is 0 Å². The predicted molar refractivity (Wildman–Crippen MR) is 93.1 cm³/mol. The molecule has 0 amide bonds. The van der Waals surface area contributed by atoms with Crippen molar-refractivity contribution in [2.45, 2.75) is 38.5 Å². The van der Waals surface area contributed by atoms with E-state index in [1.165, 1.54) is 31.2 Å². The Morgan fingerprint density at radius 2 is 1.62 bits per heavy atom. The second-order valence-electron chi connectivity index (χ2n) is 6.81. The fourth-order valence-electron chi connectivity index (χ4n) is 3.49. The largest absolute Gasteiger partial charge is 0.469 e. The molecule has 24 heavy (non-hydrogen) atoms. The lowest BCUT2D eigenvalue weighted by atomic mass is 9.64. The Morgan fingerprint density at radius 3 is 2.12 bits per heavy atom. The topological polar surface area (TPSA) is 26.3 Å². The highest BCUT2D eigenvalue weighted by Gasteiger charge is 2.38. The molecular weight excluding hydrogens is 303 g/mol. The van der Waals surface area contributed by atoms with Crippen LogP contribution < -0.4 is 0 Å². The molecule has 0 spiro atoms. The third kappa shape index (κ3) is 3.84. The molecule has 1 aliphatic rings. The summed E-state index contributed by atoms with van der Waals surface area (Å²) in [6.45, 7) is 0. The Morgan fingerprint density at radius 1 is 1.04 bits per heavy atom. The minimum Gasteiger partial charge on any atom is -0.469 e. The zero-order chi connectivity index (χ0) is 17.0. The van der Waals surface area contributed by atoms with Crippen molar-refractivity contribution in [1.82, 2.24) is 0 Å². The monoisotopic (exact) mass is 326 g/mol. The lowest BCUT2D eigenvalue weighted by Gasteiger charge is -2.41. The fourth-order valence-corrected chi connectivity index (χ4v) is 3.49. The molecule has 3 heteroatoms. The van der Waals surface area contributed by atoms with Gasteiger partial charge in [0.2, 0.25) is 0 Å². The van der Waals surface area contributed by atoms with E-state index in [0.717, 1.165) is 36.8 Å². The summed E-state index contributed by atoms with van der Waals surface area (Å²) in [5.41, 5.74) is 3.52. The van der Waals surface area contributed by atoms with Gasteiger partial charge in [0.25, 0.3) is 0 Å². The second kappa shape index (κ2) is 7.16. The molecule has 0 aromatic heterocycles. The van der Waals surface area contributed by atoms with Crippen molar-refractivity contribution < 1.29 is 13.9 Å². The van der Waals surface area contributed by atoms with Crippen molar-refractivity contribution >= 4 is 5.97 Å². The van der Waals surface area contributed by atoms with E-state index in [9.17, 15) is 9.18 Å². The fraction of sp³-hybridized carbons (Fsp3) is 0.381. The zero-order valence-corrected chi connectivity index (χ0v) is 14.1. The van der Waals surface area contributed by atoms with Crippen LogP contribution in [0.1, 0.15) is 37.7 Å². The molecule has 0 heterocycles. The number of halogens is 1. The van der Waals surface area contributed by atoms with Crippen LogP contribution in [0.4, 0.5) is 4.39 Å². The van der Waals surface area contributed by atoms with Crippen LogP contribution in [0.5, 0.6) is 0 Å². The summed E-state index contributed by atoms with van der Waals surface area (Å²) in [6.07, 6.45) is 5.99. The molecule has 0 N–H and O–H groups in total. The zero-order valence-electron chi connectivity index (χ0n) is 14.1. The average Bonchev–Trinajstić information content (AvgIpc) is 2.58. The summed E-state index contributed by atoms with van der Waals surface area (Å²) < 4.78 is 17.8. The van der Waals surface area contributed by atoms with Gasteiger partial charge in [-0.1, -0.05) is 42.8 Å². The van der Waals surface area contributed by atoms with Crippen molar-refractivity contribution in [3.8, 4) is 11.1 Å². The normalized spacial score (nSPS) is 15.6. The van der Waals surface area contributed by atoms with Crippen LogP contribution in [0.15, 0.2) is 48.5 Å². The second-order valence-corrected chi connectivity index (χ2v) is 6.81. The number of hydrogen-bond acceptors (Lipinski definition) is 2. The maximum absolute atomic E-state index is 13.0. The van der Waals surface area contributed by atoms with E-state index in [0.29, 0.717) is 6.42 Å². The number of ether oxygens (including phenoxy) is 1. The standard InChI is InChI=1S/C21H23FO2/c1-24-20(23)15-21(12-2-13-21)14-11-16-3-5-17(6-4-16)18-7-9-19(22)10-8-18/h3-10H,2,11-15H2,1H3. The maximum atomic E-state index is 13.0. The number of methoxy groups -OCH3 is 1. The van der Waals surface area contributed by atoms with E-state index in [1.807, 2.05) is 0 Å². The Kier molecular flexibility index (Phi) is 4.98. The van der Waals surface area contributed by atoms with Gasteiger partial charge in [-0.3, -0.25) is 4.79 Å². The number of rotatable bonds is 6. The molecule has 2 aromatic carbocycles. The smallest absolute Gasteiger partial charge is 0.306 e. The third-order valence-corrected chi connectivity index (χ3v) is 5.24. The molecule has 1 saturated carbocycles. The van der Waals surface area contributed by atoms with Crippen LogP contribution in [0.2, 0.25) is 0 Å². The van der Waals surface area contributed by atoms with Gasteiger partial charge in [0.05, 0.1) is 13.5 Å². The summed E-state index contributed by atoms with van der Waals surface area (Å²) in [5.74, 6) is -0.312. The van der Waals surface area contributed by atoms with Crippen LogP contribution in [0.25, 0.3) is 11.1 Å². The first-order valence-electron chi connectivity index (χ1n) is 8.52. The Bertz CT molecular complexity index is 685. The van der Waals surface area contributed by atoms with Gasteiger partial charge in [-0.05, 0) is 59.9 Å². The van der Waals surface area contributed by atoms with E-state index in [-0.39, 0.29) is 17.2 Å². The van der Waals surface area contributed by atoms with Gasteiger partial charge in [0.1, 0.15) is 5.82 Å². The van der Waals surface area contributed by atoms with E-state index < -0.39 is 0 Å². The molecule has 1 aliphatic carbocycles. The molecule has 0 saturated heterocycles. The number of aryl methyl sites for hydroxylation is 1. The Hall–Kier alpha value is -2.16. The summed E-state index contributed by atoms with van der Waals surface area (Å²) in [4.78, 5) is 11.6. The average molecular weight is 326 g/mol. The summed E-state index contributed by atoms with van der Waals surface area (Å²) in [5, 5.41) is 0. The lowest BCUT2D eigenvalue weighted by Crippen LogP contribution is -2.33. The van der Waals surface area contributed by atoms with Crippen LogP contribution in [0, 0.1) is 11.2 Å². The maximum Gasteiger partial charge on any atom is 0.306 e. The molecule has 126 valence electrons. The third-order valence-electron chi connectivity index (χ3n) is 5.24. The summed E-state index contributed by atoms with van der Waals surface area (Å²) in [7, 11) is 1.46. The first kappa shape index (κ1) is 16.7. The van der Waals surface area contributed by atoms with Gasteiger partial charge in [-0.25, -0.2) is 4.39 Å². The molecule has 0 atom stereocenters. The first-order valence-corrected chi connectivity index (χ1v) is 8.52. The number of benzene rings is 2. The molecule has 3 rings (SSSR count). The van der Waals surface area contributed by atoms with E-state index in [1.54, 1.807) is 12.1 Å². The van der Waals surface area contributed by atoms with Gasteiger partial charge >= 0.3 is 5.97 Å². The van der Waals surface area contributed by atoms with Gasteiger partial charge in [-0.2, -0.15) is 0 Å². The molecular formula is C21H23FO2. The van der Waals surface area contributed by atoms with Crippen molar-refractivity contribution in [3.63, 3.8) is 0 Å². The molecule has 0 aliphatic heterocycles. The van der Waals surface area contributed by atoms with Gasteiger partial charge in [0.15, 0.2) is 0 Å². The van der Waals surface area contributed by atoms with Crippen molar-refractivity contribution in [3.05, 3.63) is 59.9 Å². The highest BCUT2D eigenvalue weighted by Crippen LogP contribution is 2.47. The Labute approximate surface area is 142 Å². The minimum atomic E-state index is -0.216. The van der Waals surface area contributed by atoms with E-state index >= 15 is 0 Å². The van der Waals surface area contributed by atoms with Crippen molar-refractivity contribution in [2.24, 2.45) is 5.41 Å². The minimum absolute atomic E-state index is 0.0960. The van der Waals surface area contributed by atoms with Crippen LogP contribution in [-0.4, -0.2) is 13.1 Å². The lowest BCUT2D eigenvalue weighted by molar-refractivity contribution is -0.145. The highest BCUT2D eigenvalue weighted by atomic mass is 19.1. The van der Waals surface area contributed by atoms with Crippen LogP contribution in [-0.2, 0) is 16.0 Å². The molecule has 0 unspecified atom stereocenters. The van der Waals surface area contributed by atoms with Crippen molar-refractivity contribution in [2.75, 3.05) is 7.11 Å². The number of esters is 1. The Balaban J connectivity index is 1.62. The molecule has 1 fully saturated rings. The first-order chi connectivity index (χ1) is 11.6. The van der Waals surface area contributed by atoms with Crippen molar-refractivity contribution in [1.29, 1.82) is 0 Å². The molecule has 0 bridgehead atoms. The predicted octanol–water partition coefficient (Wildman–Crippen LogP) is 5.16. The SMILES string of the molecule is COC(=O)CC1(CCc2ccc(-c3ccc(F)cc3)cc2)CCC1. The highest BCUT2D eigenvalue weighted by molar-refractivity contribution is 5.70. The summed E-state index contributed by atoms with van der Waals surface area (Å²) >= 11 is 0. The number of carbonyl (C=O) groups excluding carboxylic acids is 1. The van der Waals surface area contributed by atoms with E-state index in [2.05, 4.69) is 24.3 Å². The number of carbonyl (C=O) groups is 1. The van der Waals surface area contributed by atoms with Crippen LogP contribution >= 0.6 is 0 Å². The quantitative estimate of drug-likeness (QED) is 0.686. The number of hydrogen-bond donors (Lipinski definition) is 0. The van der Waals surface area contributed by atoms with Gasteiger partial charge in [-0.15, -0.1) is 0 Å². The molecule has 2 aromatic rings. The molecule has 0 radical (unpaired) electrons.